The first kappa shape index (κ1) is 20.5. The quantitative estimate of drug-likeness (QED) is 0.432. The summed E-state index contributed by atoms with van der Waals surface area (Å²) in [6.07, 6.45) is -3.04. The van der Waals surface area contributed by atoms with Gasteiger partial charge in [0.15, 0.2) is 5.65 Å². The Hall–Kier alpha value is -3.36. The maximum absolute atomic E-state index is 13.5. The van der Waals surface area contributed by atoms with Gasteiger partial charge in [-0.05, 0) is 57.0 Å². The number of furan rings is 1. The second-order valence-corrected chi connectivity index (χ2v) is 8.32. The standard InChI is InChI=1S/C23H21F3N4O2/c1-13-8-20(23(24,25)26)30-21(27-13)11-18(28-30)16-4-3-7-29(12-16)22(31)15-5-6-19-17(10-15)9-14(2)32-19/h5-6,8-11,16H,3-4,7,12H2,1-2H3/t16-/m1/s1. The Labute approximate surface area is 181 Å². The zero-order valence-electron chi connectivity index (χ0n) is 17.6. The fourth-order valence-corrected chi connectivity index (χ4v) is 4.41. The van der Waals surface area contributed by atoms with Crippen LogP contribution in [0.4, 0.5) is 13.2 Å². The molecule has 1 amide bonds. The number of likely N-dealkylation sites (tertiary alicyclic amines) is 1. The minimum absolute atomic E-state index is 0.107. The number of amides is 1. The molecule has 0 spiro atoms. The van der Waals surface area contributed by atoms with Crippen LogP contribution in [0.2, 0.25) is 0 Å². The fraction of sp³-hybridized carbons (Fsp3) is 0.348. The number of hydrogen-bond donors (Lipinski definition) is 0. The summed E-state index contributed by atoms with van der Waals surface area (Å²) < 4.78 is 46.8. The van der Waals surface area contributed by atoms with Crippen molar-refractivity contribution >= 4 is 22.5 Å². The maximum Gasteiger partial charge on any atom is 0.433 e. The van der Waals surface area contributed by atoms with Crippen LogP contribution >= 0.6 is 0 Å². The summed E-state index contributed by atoms with van der Waals surface area (Å²) in [5.74, 6) is 0.511. The lowest BCUT2D eigenvalue weighted by Gasteiger charge is -2.32. The third-order valence-corrected chi connectivity index (χ3v) is 5.88. The highest BCUT2D eigenvalue weighted by atomic mass is 19.4. The molecule has 1 fully saturated rings. The van der Waals surface area contributed by atoms with Crippen LogP contribution in [0.15, 0.2) is 40.8 Å². The molecule has 0 unspecified atom stereocenters. The van der Waals surface area contributed by atoms with Crippen LogP contribution in [-0.2, 0) is 6.18 Å². The molecule has 0 radical (unpaired) electrons. The summed E-state index contributed by atoms with van der Waals surface area (Å²) >= 11 is 0. The van der Waals surface area contributed by atoms with Crippen molar-refractivity contribution in [3.05, 3.63) is 64.8 Å². The molecule has 1 aliphatic heterocycles. The van der Waals surface area contributed by atoms with Crippen LogP contribution in [0.25, 0.3) is 16.6 Å². The van der Waals surface area contributed by atoms with E-state index in [1.54, 1.807) is 23.1 Å². The van der Waals surface area contributed by atoms with Gasteiger partial charge in [-0.2, -0.15) is 18.3 Å². The lowest BCUT2D eigenvalue weighted by molar-refractivity contribution is -0.142. The zero-order chi connectivity index (χ0) is 22.6. The molecular formula is C23H21F3N4O2. The normalized spacial score (nSPS) is 17.4. The Kier molecular flexibility index (Phi) is 4.72. The Morgan fingerprint density at radius 3 is 2.75 bits per heavy atom. The molecule has 1 aromatic carbocycles. The molecule has 5 rings (SSSR count). The Morgan fingerprint density at radius 1 is 1.16 bits per heavy atom. The number of rotatable bonds is 2. The highest BCUT2D eigenvalue weighted by Crippen LogP contribution is 2.32. The molecule has 9 heteroatoms. The number of alkyl halides is 3. The van der Waals surface area contributed by atoms with Gasteiger partial charge in [0.05, 0.1) is 5.69 Å². The van der Waals surface area contributed by atoms with Gasteiger partial charge in [-0.1, -0.05) is 0 Å². The Balaban J connectivity index is 1.43. The van der Waals surface area contributed by atoms with Crippen molar-refractivity contribution in [1.29, 1.82) is 0 Å². The molecule has 3 aromatic heterocycles. The number of benzene rings is 1. The lowest BCUT2D eigenvalue weighted by atomic mass is 9.94. The van der Waals surface area contributed by atoms with Crippen LogP contribution in [0.5, 0.6) is 0 Å². The molecule has 0 aliphatic carbocycles. The van der Waals surface area contributed by atoms with E-state index in [2.05, 4.69) is 10.1 Å². The first-order chi connectivity index (χ1) is 15.2. The number of carbonyl (C=O) groups is 1. The topological polar surface area (TPSA) is 63.6 Å². The summed E-state index contributed by atoms with van der Waals surface area (Å²) in [4.78, 5) is 19.1. The van der Waals surface area contributed by atoms with Gasteiger partial charge in [-0.25, -0.2) is 9.50 Å². The predicted octanol–water partition coefficient (Wildman–Crippen LogP) is 5.13. The van der Waals surface area contributed by atoms with E-state index in [1.807, 2.05) is 19.1 Å². The number of halogens is 3. The maximum atomic E-state index is 13.5. The number of aryl methyl sites for hydroxylation is 2. The van der Waals surface area contributed by atoms with Crippen molar-refractivity contribution in [1.82, 2.24) is 19.5 Å². The molecular weight excluding hydrogens is 421 g/mol. The van der Waals surface area contributed by atoms with Crippen LogP contribution in [0.3, 0.4) is 0 Å². The number of aromatic nitrogens is 3. The van der Waals surface area contributed by atoms with E-state index >= 15 is 0 Å². The molecule has 4 heterocycles. The van der Waals surface area contributed by atoms with E-state index in [0.717, 1.165) is 40.2 Å². The smallest absolute Gasteiger partial charge is 0.433 e. The van der Waals surface area contributed by atoms with Crippen molar-refractivity contribution in [2.45, 2.75) is 38.8 Å². The van der Waals surface area contributed by atoms with E-state index < -0.39 is 11.9 Å². The second-order valence-electron chi connectivity index (χ2n) is 8.32. The van der Waals surface area contributed by atoms with E-state index in [9.17, 15) is 18.0 Å². The summed E-state index contributed by atoms with van der Waals surface area (Å²) in [7, 11) is 0. The number of nitrogens with zero attached hydrogens (tertiary/aromatic N) is 4. The average Bonchev–Trinajstić information content (AvgIpc) is 3.33. The number of piperidine rings is 1. The van der Waals surface area contributed by atoms with Gasteiger partial charge in [0.2, 0.25) is 0 Å². The highest BCUT2D eigenvalue weighted by molar-refractivity contribution is 5.98. The van der Waals surface area contributed by atoms with Crippen LogP contribution < -0.4 is 0 Å². The average molecular weight is 442 g/mol. The van der Waals surface area contributed by atoms with Crippen molar-refractivity contribution in [2.24, 2.45) is 0 Å². The Morgan fingerprint density at radius 2 is 1.97 bits per heavy atom. The van der Waals surface area contributed by atoms with Gasteiger partial charge < -0.3 is 9.32 Å². The zero-order valence-corrected chi connectivity index (χ0v) is 17.6. The summed E-state index contributed by atoms with van der Waals surface area (Å²) in [6.45, 7) is 4.37. The van der Waals surface area contributed by atoms with Gasteiger partial charge in [-0.3, -0.25) is 4.79 Å². The highest BCUT2D eigenvalue weighted by Gasteiger charge is 2.35. The van der Waals surface area contributed by atoms with Gasteiger partial charge in [-0.15, -0.1) is 0 Å². The molecule has 0 saturated carbocycles. The SMILES string of the molecule is Cc1cc(C(F)(F)F)n2nc([C@@H]3CCCN(C(=O)c4ccc5oc(C)cc5c4)C3)cc2n1. The summed E-state index contributed by atoms with van der Waals surface area (Å²) in [5, 5.41) is 5.10. The lowest BCUT2D eigenvalue weighted by Crippen LogP contribution is -2.39. The van der Waals surface area contributed by atoms with E-state index in [-0.39, 0.29) is 23.2 Å². The first-order valence-corrected chi connectivity index (χ1v) is 10.4. The molecule has 4 aromatic rings. The number of carbonyl (C=O) groups excluding carboxylic acids is 1. The predicted molar refractivity (Wildman–Crippen MR) is 112 cm³/mol. The van der Waals surface area contributed by atoms with Crippen LogP contribution in [0.1, 0.15) is 52.0 Å². The third-order valence-electron chi connectivity index (χ3n) is 5.88. The van der Waals surface area contributed by atoms with Crippen molar-refractivity contribution in [2.75, 3.05) is 13.1 Å². The van der Waals surface area contributed by atoms with Crippen molar-refractivity contribution < 1.29 is 22.4 Å². The van der Waals surface area contributed by atoms with Crippen molar-refractivity contribution in [3.63, 3.8) is 0 Å². The van der Waals surface area contributed by atoms with Gasteiger partial charge >= 0.3 is 6.18 Å². The summed E-state index contributed by atoms with van der Waals surface area (Å²) in [5.41, 5.74) is 1.40. The van der Waals surface area contributed by atoms with Gasteiger partial charge in [0.1, 0.15) is 17.0 Å². The molecule has 1 aliphatic rings. The molecule has 1 saturated heterocycles. The van der Waals surface area contributed by atoms with Gasteiger partial charge in [0, 0.05) is 41.7 Å². The van der Waals surface area contributed by atoms with Crippen LogP contribution in [0, 0.1) is 13.8 Å². The number of fused-ring (bicyclic) bond motifs is 2. The van der Waals surface area contributed by atoms with E-state index in [1.165, 1.54) is 6.92 Å². The molecule has 166 valence electrons. The first-order valence-electron chi connectivity index (χ1n) is 10.4. The minimum atomic E-state index is -4.53. The molecule has 0 bridgehead atoms. The molecule has 32 heavy (non-hydrogen) atoms. The number of hydrogen-bond acceptors (Lipinski definition) is 4. The monoisotopic (exact) mass is 442 g/mol. The van der Waals surface area contributed by atoms with E-state index in [4.69, 9.17) is 4.42 Å². The minimum Gasteiger partial charge on any atom is -0.461 e. The fourth-order valence-electron chi connectivity index (χ4n) is 4.41. The summed E-state index contributed by atoms with van der Waals surface area (Å²) in [6, 6.07) is 9.81. The van der Waals surface area contributed by atoms with Crippen molar-refractivity contribution in [3.8, 4) is 0 Å². The van der Waals surface area contributed by atoms with E-state index in [0.29, 0.717) is 24.3 Å². The van der Waals surface area contributed by atoms with Gasteiger partial charge in [0.25, 0.3) is 5.91 Å². The molecule has 1 atom stereocenters. The third kappa shape index (κ3) is 3.61. The second kappa shape index (κ2) is 7.36. The molecule has 0 N–H and O–H groups in total. The Bertz CT molecular complexity index is 1340. The van der Waals surface area contributed by atoms with Crippen LogP contribution in [-0.4, -0.2) is 38.5 Å². The largest absolute Gasteiger partial charge is 0.461 e. The molecule has 6 nitrogen and oxygen atoms in total.